The number of aromatic amines is 1. The molecule has 0 spiro atoms. The van der Waals surface area contributed by atoms with E-state index in [9.17, 15) is 14.4 Å². The van der Waals surface area contributed by atoms with Crippen molar-refractivity contribution in [2.24, 2.45) is 0 Å². The Morgan fingerprint density at radius 2 is 1.86 bits per heavy atom. The number of aromatic carboxylic acids is 1. The van der Waals surface area contributed by atoms with Crippen molar-refractivity contribution in [3.05, 3.63) is 80.6 Å². The number of carboxylic acids is 1. The third kappa shape index (κ3) is 4.31. The first-order valence-electron chi connectivity index (χ1n) is 8.79. The van der Waals surface area contributed by atoms with Gasteiger partial charge in [0.2, 0.25) is 0 Å². The second-order valence-corrected chi connectivity index (χ2v) is 6.97. The molecule has 3 N–H and O–H groups in total. The van der Waals surface area contributed by atoms with Gasteiger partial charge in [-0.05, 0) is 36.2 Å². The highest BCUT2D eigenvalue weighted by atomic mass is 35.5. The lowest BCUT2D eigenvalue weighted by Crippen LogP contribution is -2.32. The third-order valence-corrected chi connectivity index (χ3v) is 4.80. The van der Waals surface area contributed by atoms with Crippen LogP contribution in [0.2, 0.25) is 5.02 Å². The van der Waals surface area contributed by atoms with Gasteiger partial charge in [-0.2, -0.15) is 0 Å². The van der Waals surface area contributed by atoms with Crippen LogP contribution in [0, 0.1) is 0 Å². The third-order valence-electron chi connectivity index (χ3n) is 4.58. The number of amides is 1. The van der Waals surface area contributed by atoms with Crippen molar-refractivity contribution >= 4 is 34.4 Å². The van der Waals surface area contributed by atoms with Gasteiger partial charge in [0, 0.05) is 17.5 Å². The Morgan fingerprint density at radius 1 is 1.17 bits per heavy atom. The number of rotatable bonds is 6. The molecule has 0 saturated heterocycles. The average molecular weight is 415 g/mol. The maximum atomic E-state index is 12.8. The van der Waals surface area contributed by atoms with Crippen LogP contribution < -0.4 is 10.9 Å². The summed E-state index contributed by atoms with van der Waals surface area (Å²) in [5.41, 5.74) is 0.552. The van der Waals surface area contributed by atoms with Crippen LogP contribution in [0.15, 0.2) is 53.3 Å². The Morgan fingerprint density at radius 3 is 2.48 bits per heavy atom. The van der Waals surface area contributed by atoms with Crippen LogP contribution in [0.5, 0.6) is 0 Å². The number of methoxy groups -OCH3 is 1. The Bertz CT molecular complexity index is 1130. The minimum Gasteiger partial charge on any atom is -0.477 e. The quantitative estimate of drug-likeness (QED) is 0.572. The number of aromatic nitrogens is 1. The van der Waals surface area contributed by atoms with E-state index < -0.39 is 23.7 Å². The van der Waals surface area contributed by atoms with Gasteiger partial charge in [0.1, 0.15) is 5.56 Å². The molecule has 0 saturated carbocycles. The summed E-state index contributed by atoms with van der Waals surface area (Å²) in [6.07, 6.45) is -0.804. The molecule has 0 aliphatic rings. The zero-order chi connectivity index (χ0) is 21.1. The lowest BCUT2D eigenvalue weighted by atomic mass is 10.0. The van der Waals surface area contributed by atoms with Crippen LogP contribution >= 0.6 is 11.6 Å². The summed E-state index contributed by atoms with van der Waals surface area (Å²) >= 11 is 6.19. The van der Waals surface area contributed by atoms with Crippen LogP contribution in [0.25, 0.3) is 10.9 Å². The molecule has 0 aliphatic carbocycles. The summed E-state index contributed by atoms with van der Waals surface area (Å²) in [5, 5.41) is 12.8. The number of fused-ring (bicyclic) bond motifs is 1. The van der Waals surface area contributed by atoms with E-state index in [0.29, 0.717) is 27.1 Å². The maximum Gasteiger partial charge on any atom is 0.341 e. The Kier molecular flexibility index (Phi) is 6.00. The lowest BCUT2D eigenvalue weighted by molar-refractivity contribution is -0.132. The summed E-state index contributed by atoms with van der Waals surface area (Å²) < 4.78 is 5.35. The molecule has 3 rings (SSSR count). The van der Waals surface area contributed by atoms with Gasteiger partial charge >= 0.3 is 5.97 Å². The van der Waals surface area contributed by atoms with Gasteiger partial charge in [0.25, 0.3) is 11.5 Å². The largest absolute Gasteiger partial charge is 0.477 e. The van der Waals surface area contributed by atoms with E-state index in [0.717, 1.165) is 0 Å². The number of hydrogen-bond acceptors (Lipinski definition) is 4. The molecule has 3 aromatic rings. The second kappa shape index (κ2) is 8.46. The molecule has 1 aromatic heterocycles. The SMILES string of the molecule is COC(C(=O)NC(C)c1cc(Cl)cc2cc(C(=O)O)c(=O)[nH]c12)c1ccccc1. The fraction of sp³-hybridized carbons (Fsp3) is 0.190. The van der Waals surface area contributed by atoms with Crippen molar-refractivity contribution in [3.63, 3.8) is 0 Å². The summed E-state index contributed by atoms with van der Waals surface area (Å²) in [4.78, 5) is 38.7. The zero-order valence-electron chi connectivity index (χ0n) is 15.7. The number of ether oxygens (including phenoxy) is 1. The molecular weight excluding hydrogens is 396 g/mol. The summed E-state index contributed by atoms with van der Waals surface area (Å²) in [6.45, 7) is 1.74. The monoisotopic (exact) mass is 414 g/mol. The first kappa shape index (κ1) is 20.6. The number of halogens is 1. The number of carboxylic acid groups (broad SMARTS) is 1. The van der Waals surface area contributed by atoms with Gasteiger partial charge in [0.15, 0.2) is 6.10 Å². The number of pyridine rings is 1. The number of carbonyl (C=O) groups is 2. The highest BCUT2D eigenvalue weighted by Crippen LogP contribution is 2.28. The van der Waals surface area contributed by atoms with Gasteiger partial charge < -0.3 is 20.1 Å². The minimum atomic E-state index is -1.33. The van der Waals surface area contributed by atoms with Crippen LogP contribution in [0.1, 0.15) is 40.6 Å². The summed E-state index contributed by atoms with van der Waals surface area (Å²) in [7, 11) is 1.45. The fourth-order valence-electron chi connectivity index (χ4n) is 3.20. The van der Waals surface area contributed by atoms with Crippen LogP contribution in [-0.2, 0) is 9.53 Å². The topological polar surface area (TPSA) is 108 Å². The van der Waals surface area contributed by atoms with Crippen molar-refractivity contribution < 1.29 is 19.4 Å². The molecule has 1 heterocycles. The number of benzene rings is 2. The van der Waals surface area contributed by atoms with Crippen molar-refractivity contribution in [2.75, 3.05) is 7.11 Å². The molecule has 150 valence electrons. The van der Waals surface area contributed by atoms with Gasteiger partial charge in [-0.1, -0.05) is 41.9 Å². The van der Waals surface area contributed by atoms with Gasteiger partial charge in [-0.3, -0.25) is 9.59 Å². The van der Waals surface area contributed by atoms with Crippen molar-refractivity contribution in [1.29, 1.82) is 0 Å². The van der Waals surface area contributed by atoms with Crippen molar-refractivity contribution in [2.45, 2.75) is 19.1 Å². The molecule has 2 aromatic carbocycles. The van der Waals surface area contributed by atoms with Gasteiger partial charge in [0.05, 0.1) is 11.6 Å². The molecule has 0 radical (unpaired) electrons. The number of hydrogen-bond donors (Lipinski definition) is 3. The zero-order valence-corrected chi connectivity index (χ0v) is 16.5. The molecular formula is C21H19ClN2O5. The average Bonchev–Trinajstić information content (AvgIpc) is 2.68. The van der Waals surface area contributed by atoms with E-state index in [1.54, 1.807) is 31.2 Å². The number of H-pyrrole nitrogens is 1. The molecule has 0 bridgehead atoms. The predicted octanol–water partition coefficient (Wildman–Crippen LogP) is 3.44. The molecule has 2 atom stereocenters. The van der Waals surface area contributed by atoms with Crippen LogP contribution in [-0.4, -0.2) is 29.1 Å². The fourth-order valence-corrected chi connectivity index (χ4v) is 3.43. The summed E-state index contributed by atoms with van der Waals surface area (Å²) in [6, 6.07) is 13.0. The van der Waals surface area contributed by atoms with E-state index in [4.69, 9.17) is 21.4 Å². The Labute approximate surface area is 171 Å². The molecule has 0 aliphatic heterocycles. The maximum absolute atomic E-state index is 12.8. The molecule has 7 nitrogen and oxygen atoms in total. The normalized spacial score (nSPS) is 13.1. The van der Waals surface area contributed by atoms with Gasteiger partial charge in [-0.15, -0.1) is 0 Å². The highest BCUT2D eigenvalue weighted by Gasteiger charge is 2.23. The first-order valence-corrected chi connectivity index (χ1v) is 9.17. The lowest BCUT2D eigenvalue weighted by Gasteiger charge is -2.21. The number of carbonyl (C=O) groups excluding carboxylic acids is 1. The van der Waals surface area contributed by atoms with Crippen molar-refractivity contribution in [1.82, 2.24) is 10.3 Å². The molecule has 8 heteroatoms. The Balaban J connectivity index is 1.97. The van der Waals surface area contributed by atoms with Crippen molar-refractivity contribution in [3.8, 4) is 0 Å². The van der Waals surface area contributed by atoms with E-state index in [1.165, 1.54) is 13.2 Å². The molecule has 1 amide bonds. The second-order valence-electron chi connectivity index (χ2n) is 6.53. The van der Waals surface area contributed by atoms with E-state index in [2.05, 4.69) is 10.3 Å². The van der Waals surface area contributed by atoms with E-state index >= 15 is 0 Å². The number of nitrogens with one attached hydrogen (secondary N) is 2. The molecule has 29 heavy (non-hydrogen) atoms. The minimum absolute atomic E-state index is 0.350. The van der Waals surface area contributed by atoms with E-state index in [-0.39, 0.29) is 11.5 Å². The Hall–Kier alpha value is -3.16. The van der Waals surface area contributed by atoms with E-state index in [1.807, 2.05) is 18.2 Å². The molecule has 2 unspecified atom stereocenters. The smallest absolute Gasteiger partial charge is 0.341 e. The molecule has 0 fully saturated rings. The summed E-state index contributed by atoms with van der Waals surface area (Å²) in [5.74, 6) is -1.69. The standard InChI is InChI=1S/C21H19ClN2O5/c1-11(23-20(26)18(29-2)12-6-4-3-5-7-12)15-10-14(22)8-13-9-16(21(27)28)19(25)24-17(13)15/h3-11,18H,1-2H3,(H,23,26)(H,24,25)(H,27,28). The van der Waals surface area contributed by atoms with Gasteiger partial charge in [-0.25, -0.2) is 4.79 Å². The first-order chi connectivity index (χ1) is 13.8. The predicted molar refractivity (Wildman–Crippen MR) is 109 cm³/mol. The highest BCUT2D eigenvalue weighted by molar-refractivity contribution is 6.31. The van der Waals surface area contributed by atoms with Crippen LogP contribution in [0.4, 0.5) is 0 Å². The van der Waals surface area contributed by atoms with Crippen LogP contribution in [0.3, 0.4) is 0 Å².